The van der Waals surface area contributed by atoms with Crippen LogP contribution in [0.4, 0.5) is 5.82 Å². The lowest BCUT2D eigenvalue weighted by Crippen LogP contribution is -2.38. The minimum atomic E-state index is 0.104. The van der Waals surface area contributed by atoms with Crippen molar-refractivity contribution >= 4 is 45.1 Å². The van der Waals surface area contributed by atoms with Crippen LogP contribution in [0.3, 0.4) is 0 Å². The molecule has 0 radical (unpaired) electrons. The largest absolute Gasteiger partial charge is 0.366 e. The van der Waals surface area contributed by atoms with Gasteiger partial charge in [-0.3, -0.25) is 9.78 Å². The number of piperidine rings is 1. The summed E-state index contributed by atoms with van der Waals surface area (Å²) in [6.45, 7) is 2.09. The molecule has 1 amide bonds. The fraction of sp³-hybridized carbons (Fsp3) is 0.280. The quantitative estimate of drug-likeness (QED) is 0.339. The highest BCUT2D eigenvalue weighted by atomic mass is 79.9. The van der Waals surface area contributed by atoms with Crippen molar-refractivity contribution < 1.29 is 4.79 Å². The van der Waals surface area contributed by atoms with Crippen LogP contribution >= 0.6 is 27.7 Å². The van der Waals surface area contributed by atoms with E-state index in [1.165, 1.54) is 0 Å². The Morgan fingerprint density at radius 3 is 2.68 bits per heavy atom. The normalized spacial score (nSPS) is 14.5. The lowest BCUT2D eigenvalue weighted by Gasteiger charge is -2.32. The number of aromatic nitrogens is 4. The first kappa shape index (κ1) is 22.9. The summed E-state index contributed by atoms with van der Waals surface area (Å²) in [6, 6.07) is 13.9. The monoisotopic (exact) mass is 536 g/mol. The van der Waals surface area contributed by atoms with Gasteiger partial charge in [0.2, 0.25) is 0 Å². The third-order valence-electron chi connectivity index (χ3n) is 6.18. The van der Waals surface area contributed by atoms with Crippen LogP contribution in [0.1, 0.15) is 40.4 Å². The number of thioether (sulfide) groups is 1. The molecular weight excluding hydrogens is 512 g/mol. The average molecular weight is 537 g/mol. The number of anilines is 1. The Hall–Kier alpha value is -2.91. The van der Waals surface area contributed by atoms with E-state index in [2.05, 4.69) is 37.4 Å². The Balaban J connectivity index is 1.31. The molecule has 0 bridgehead atoms. The molecule has 1 aromatic carbocycles. The van der Waals surface area contributed by atoms with Crippen molar-refractivity contribution in [2.24, 2.45) is 0 Å². The van der Waals surface area contributed by atoms with E-state index in [0.29, 0.717) is 6.54 Å². The van der Waals surface area contributed by atoms with Gasteiger partial charge in [-0.1, -0.05) is 6.07 Å². The molecule has 1 N–H and O–H groups in total. The van der Waals surface area contributed by atoms with E-state index in [-0.39, 0.29) is 11.8 Å². The zero-order valence-electron chi connectivity index (χ0n) is 18.8. The van der Waals surface area contributed by atoms with Crippen LogP contribution in [-0.2, 0) is 6.54 Å². The van der Waals surface area contributed by atoms with Crippen LogP contribution in [-0.4, -0.2) is 49.7 Å². The molecule has 3 aromatic heterocycles. The first-order chi connectivity index (χ1) is 16.6. The number of hydrogen-bond acceptors (Lipinski definition) is 6. The summed E-state index contributed by atoms with van der Waals surface area (Å²) < 4.78 is 2.68. The fourth-order valence-corrected chi connectivity index (χ4v) is 5.04. The van der Waals surface area contributed by atoms with Crippen molar-refractivity contribution in [3.63, 3.8) is 0 Å². The van der Waals surface area contributed by atoms with E-state index in [1.807, 2.05) is 58.3 Å². The van der Waals surface area contributed by atoms with Gasteiger partial charge < -0.3 is 10.2 Å². The molecule has 9 heteroatoms. The number of rotatable bonds is 6. The van der Waals surface area contributed by atoms with Gasteiger partial charge in [0.15, 0.2) is 5.65 Å². The number of likely N-dealkylation sites (tertiary alicyclic amines) is 1. The topological polar surface area (TPSA) is 75.4 Å². The zero-order chi connectivity index (χ0) is 23.5. The number of nitrogens with one attached hydrogen (secondary N) is 1. The molecule has 1 aliphatic heterocycles. The highest BCUT2D eigenvalue weighted by Crippen LogP contribution is 2.31. The molecule has 0 atom stereocenters. The molecule has 0 aliphatic carbocycles. The van der Waals surface area contributed by atoms with Crippen LogP contribution in [0.15, 0.2) is 70.4 Å². The highest BCUT2D eigenvalue weighted by molar-refractivity contribution is 9.10. The number of amides is 1. The Morgan fingerprint density at radius 1 is 1.18 bits per heavy atom. The zero-order valence-corrected chi connectivity index (χ0v) is 21.2. The minimum absolute atomic E-state index is 0.104. The highest BCUT2D eigenvalue weighted by Gasteiger charge is 2.26. The standard InChI is InChI=1S/C25H25BrN6OS/c1-34-20-6-4-19(5-7-20)25(33)31-11-8-18(9-12-31)22-13-23(28-15-17-3-2-10-27-14-17)32-24(30-22)21(26)16-29-32/h2-7,10,13-14,16,18,28H,8-9,11-12,15H2,1H3. The van der Waals surface area contributed by atoms with E-state index in [0.717, 1.165) is 63.6 Å². The third-order valence-corrected chi connectivity index (χ3v) is 7.49. The summed E-state index contributed by atoms with van der Waals surface area (Å²) in [6.07, 6.45) is 9.19. The van der Waals surface area contributed by atoms with Crippen molar-refractivity contribution in [1.82, 2.24) is 24.5 Å². The smallest absolute Gasteiger partial charge is 0.253 e. The maximum atomic E-state index is 13.0. The fourth-order valence-electron chi connectivity index (χ4n) is 4.28. The molecule has 34 heavy (non-hydrogen) atoms. The second-order valence-corrected chi connectivity index (χ2v) is 10.0. The lowest BCUT2D eigenvalue weighted by molar-refractivity contribution is 0.0712. The van der Waals surface area contributed by atoms with E-state index in [4.69, 9.17) is 4.98 Å². The second-order valence-electron chi connectivity index (χ2n) is 8.30. The molecular formula is C25H25BrN6OS. The van der Waals surface area contributed by atoms with Crippen molar-refractivity contribution in [2.45, 2.75) is 30.2 Å². The Morgan fingerprint density at radius 2 is 1.97 bits per heavy atom. The summed E-state index contributed by atoms with van der Waals surface area (Å²) >= 11 is 5.26. The van der Waals surface area contributed by atoms with E-state index in [9.17, 15) is 4.79 Å². The Labute approximate surface area is 211 Å². The number of carbonyl (C=O) groups is 1. The first-order valence-electron chi connectivity index (χ1n) is 11.2. The molecule has 1 fully saturated rings. The number of fused-ring (bicyclic) bond motifs is 1. The number of halogens is 1. The van der Waals surface area contributed by atoms with Crippen LogP contribution in [0.25, 0.3) is 5.65 Å². The maximum absolute atomic E-state index is 13.0. The number of benzene rings is 1. The molecule has 0 unspecified atom stereocenters. The van der Waals surface area contributed by atoms with Gasteiger partial charge in [0, 0.05) is 60.2 Å². The predicted octanol–water partition coefficient (Wildman–Crippen LogP) is 5.24. The number of nitrogens with zero attached hydrogens (tertiary/aromatic N) is 5. The van der Waals surface area contributed by atoms with Gasteiger partial charge in [-0.15, -0.1) is 11.8 Å². The Kier molecular flexibility index (Phi) is 6.82. The maximum Gasteiger partial charge on any atom is 0.253 e. The van der Waals surface area contributed by atoms with Gasteiger partial charge in [-0.25, -0.2) is 4.98 Å². The van der Waals surface area contributed by atoms with Crippen molar-refractivity contribution in [2.75, 3.05) is 24.7 Å². The number of pyridine rings is 1. The molecule has 0 saturated carbocycles. The van der Waals surface area contributed by atoms with E-state index in [1.54, 1.807) is 24.2 Å². The second kappa shape index (κ2) is 10.1. The van der Waals surface area contributed by atoms with E-state index < -0.39 is 0 Å². The van der Waals surface area contributed by atoms with Crippen molar-refractivity contribution in [1.29, 1.82) is 0 Å². The molecule has 0 spiro atoms. The van der Waals surface area contributed by atoms with Crippen molar-refractivity contribution in [3.05, 3.63) is 82.3 Å². The van der Waals surface area contributed by atoms with Crippen LogP contribution < -0.4 is 5.32 Å². The van der Waals surface area contributed by atoms with Crippen LogP contribution in [0.2, 0.25) is 0 Å². The van der Waals surface area contributed by atoms with Crippen molar-refractivity contribution in [3.8, 4) is 0 Å². The molecule has 4 heterocycles. The van der Waals surface area contributed by atoms with Gasteiger partial charge in [-0.05, 0) is 70.9 Å². The predicted molar refractivity (Wildman–Crippen MR) is 138 cm³/mol. The number of carbonyl (C=O) groups excluding carboxylic acids is 1. The first-order valence-corrected chi connectivity index (χ1v) is 13.2. The Bertz CT molecular complexity index is 1290. The molecule has 5 rings (SSSR count). The summed E-state index contributed by atoms with van der Waals surface area (Å²) in [5.74, 6) is 1.28. The van der Waals surface area contributed by atoms with E-state index >= 15 is 0 Å². The SMILES string of the molecule is CSc1ccc(C(=O)N2CCC(c3cc(NCc4cccnc4)n4ncc(Br)c4n3)CC2)cc1. The molecule has 1 saturated heterocycles. The van der Waals surface area contributed by atoms with Gasteiger partial charge in [-0.2, -0.15) is 9.61 Å². The van der Waals surface area contributed by atoms with Gasteiger partial charge >= 0.3 is 0 Å². The van der Waals surface area contributed by atoms with Gasteiger partial charge in [0.1, 0.15) is 5.82 Å². The number of hydrogen-bond donors (Lipinski definition) is 1. The van der Waals surface area contributed by atoms with Crippen LogP contribution in [0.5, 0.6) is 0 Å². The lowest BCUT2D eigenvalue weighted by atomic mass is 9.92. The summed E-state index contributed by atoms with van der Waals surface area (Å²) in [7, 11) is 0. The summed E-state index contributed by atoms with van der Waals surface area (Å²) in [5.41, 5.74) is 3.66. The average Bonchev–Trinajstić information content (AvgIpc) is 3.28. The van der Waals surface area contributed by atoms with Crippen LogP contribution in [0, 0.1) is 0 Å². The third kappa shape index (κ3) is 4.81. The minimum Gasteiger partial charge on any atom is -0.366 e. The molecule has 174 valence electrons. The summed E-state index contributed by atoms with van der Waals surface area (Å²) in [5, 5.41) is 7.96. The summed E-state index contributed by atoms with van der Waals surface area (Å²) in [4.78, 5) is 25.2. The molecule has 7 nitrogen and oxygen atoms in total. The van der Waals surface area contributed by atoms with Gasteiger partial charge in [0.25, 0.3) is 5.91 Å². The van der Waals surface area contributed by atoms with Gasteiger partial charge in [0.05, 0.1) is 10.7 Å². The molecule has 1 aliphatic rings. The molecule has 4 aromatic rings.